The lowest BCUT2D eigenvalue weighted by Crippen LogP contribution is -2.12. The summed E-state index contributed by atoms with van der Waals surface area (Å²) >= 11 is 0. The smallest absolute Gasteiger partial charge is 0.271 e. The summed E-state index contributed by atoms with van der Waals surface area (Å²) in [4.78, 5) is 11.1. The Morgan fingerprint density at radius 1 is 1.59 bits per heavy atom. The number of aromatic nitrogens is 2. The Bertz CT molecular complexity index is 411. The average molecular weight is 238 g/mol. The molecule has 7 heteroatoms. The van der Waals surface area contributed by atoms with E-state index in [-0.39, 0.29) is 5.69 Å². The minimum atomic E-state index is -0.612. The molecule has 1 heterocycles. The van der Waals surface area contributed by atoms with Crippen LogP contribution >= 0.6 is 0 Å². The number of carbonyl (C=O) groups is 1. The van der Waals surface area contributed by atoms with E-state index in [1.165, 1.54) is 0 Å². The molecule has 17 heavy (non-hydrogen) atoms. The first-order chi connectivity index (χ1) is 8.06. The second-order valence-corrected chi connectivity index (χ2v) is 3.83. The molecule has 3 N–H and O–H groups in total. The Labute approximate surface area is 100 Å². The Morgan fingerprint density at radius 2 is 2.29 bits per heavy atom. The molecule has 0 spiro atoms. The molecule has 0 bridgehead atoms. The summed E-state index contributed by atoms with van der Waals surface area (Å²) < 4.78 is 0. The third-order valence-corrected chi connectivity index (χ3v) is 2.28. The minimum Gasteiger partial charge on any atom is -0.364 e. The molecular formula is C10H18N6O. The maximum absolute atomic E-state index is 11.1. The lowest BCUT2D eigenvalue weighted by atomic mass is 10.3. The number of amides is 1. The van der Waals surface area contributed by atoms with E-state index in [0.29, 0.717) is 11.4 Å². The zero-order chi connectivity index (χ0) is 12.8. The Hall–Kier alpha value is -1.92. The van der Waals surface area contributed by atoms with Gasteiger partial charge in [-0.25, -0.2) is 0 Å². The molecule has 0 aliphatic heterocycles. The third kappa shape index (κ3) is 3.54. The second-order valence-electron chi connectivity index (χ2n) is 3.83. The number of unbranched alkanes of at least 4 members (excludes halogenated alkanes) is 1. The van der Waals surface area contributed by atoms with Crippen molar-refractivity contribution < 1.29 is 4.79 Å². The normalized spacial score (nSPS) is 11.0. The van der Waals surface area contributed by atoms with E-state index in [4.69, 9.17) is 5.73 Å². The van der Waals surface area contributed by atoms with Gasteiger partial charge in [0.15, 0.2) is 5.69 Å². The summed E-state index contributed by atoms with van der Waals surface area (Å²) in [6.45, 7) is 4.69. The molecule has 0 aliphatic carbocycles. The highest BCUT2D eigenvalue weighted by atomic mass is 16.1. The highest BCUT2D eigenvalue weighted by Gasteiger charge is 2.14. The number of nitrogens with two attached hydrogens (primary N) is 1. The van der Waals surface area contributed by atoms with Crippen molar-refractivity contribution in [1.82, 2.24) is 15.2 Å². The Morgan fingerprint density at radius 3 is 2.88 bits per heavy atom. The van der Waals surface area contributed by atoms with Crippen molar-refractivity contribution in [1.29, 1.82) is 0 Å². The van der Waals surface area contributed by atoms with Gasteiger partial charge in [-0.05, 0) is 13.3 Å². The van der Waals surface area contributed by atoms with Crippen LogP contribution < -0.4 is 5.73 Å². The van der Waals surface area contributed by atoms with E-state index in [9.17, 15) is 4.79 Å². The standard InChI is InChI=1S/C10H18N6O/c1-4-5-6-16(3)15-14-8-7(2)12-13-9(8)10(11)17/h4-6H2,1-3H3,(H2,11,17)(H,12,13). The quantitative estimate of drug-likeness (QED) is 0.580. The summed E-state index contributed by atoms with van der Waals surface area (Å²) in [7, 11) is 1.83. The molecule has 1 amide bonds. The lowest BCUT2D eigenvalue weighted by Gasteiger charge is -2.09. The van der Waals surface area contributed by atoms with Gasteiger partial charge in [0, 0.05) is 13.6 Å². The molecule has 0 radical (unpaired) electrons. The monoisotopic (exact) mass is 238 g/mol. The van der Waals surface area contributed by atoms with Crippen LogP contribution in [0.25, 0.3) is 0 Å². The summed E-state index contributed by atoms with van der Waals surface area (Å²) in [6, 6.07) is 0. The number of aromatic amines is 1. The van der Waals surface area contributed by atoms with E-state index in [0.717, 1.165) is 19.4 Å². The van der Waals surface area contributed by atoms with Crippen LogP contribution in [0.15, 0.2) is 10.3 Å². The van der Waals surface area contributed by atoms with Crippen LogP contribution in [0.4, 0.5) is 5.69 Å². The molecule has 1 rings (SSSR count). The summed E-state index contributed by atoms with van der Waals surface area (Å²) in [5.74, 6) is -0.612. The van der Waals surface area contributed by atoms with Gasteiger partial charge in [-0.1, -0.05) is 18.6 Å². The van der Waals surface area contributed by atoms with Crippen molar-refractivity contribution in [2.45, 2.75) is 26.7 Å². The number of nitrogens with one attached hydrogen (secondary N) is 1. The van der Waals surface area contributed by atoms with Crippen LogP contribution in [0.1, 0.15) is 35.9 Å². The fourth-order valence-corrected chi connectivity index (χ4v) is 1.27. The Balaban J connectivity index is 2.76. The lowest BCUT2D eigenvalue weighted by molar-refractivity contribution is 0.0996. The average Bonchev–Trinajstić information content (AvgIpc) is 2.65. The molecular weight excluding hydrogens is 220 g/mol. The van der Waals surface area contributed by atoms with Gasteiger partial charge >= 0.3 is 0 Å². The molecule has 7 nitrogen and oxygen atoms in total. The molecule has 0 atom stereocenters. The van der Waals surface area contributed by atoms with Gasteiger partial charge in [0.25, 0.3) is 5.91 Å². The van der Waals surface area contributed by atoms with Crippen LogP contribution in [0.5, 0.6) is 0 Å². The summed E-state index contributed by atoms with van der Waals surface area (Å²) in [5, 5.41) is 16.2. The van der Waals surface area contributed by atoms with E-state index in [1.54, 1.807) is 11.9 Å². The Kier molecular flexibility index (Phi) is 4.62. The second kappa shape index (κ2) is 5.97. The molecule has 1 aromatic rings. The number of primary amides is 1. The zero-order valence-corrected chi connectivity index (χ0v) is 10.4. The number of carbonyl (C=O) groups excluding carboxylic acids is 1. The number of rotatable bonds is 6. The van der Waals surface area contributed by atoms with Gasteiger partial charge in [-0.15, -0.1) is 5.11 Å². The molecule has 0 saturated heterocycles. The fraction of sp³-hybridized carbons (Fsp3) is 0.600. The summed E-state index contributed by atoms with van der Waals surface area (Å²) in [5.41, 5.74) is 6.37. The minimum absolute atomic E-state index is 0.121. The molecule has 0 saturated carbocycles. The third-order valence-electron chi connectivity index (χ3n) is 2.28. The van der Waals surface area contributed by atoms with E-state index >= 15 is 0 Å². The first-order valence-corrected chi connectivity index (χ1v) is 5.53. The first kappa shape index (κ1) is 13.1. The van der Waals surface area contributed by atoms with E-state index in [2.05, 4.69) is 27.5 Å². The van der Waals surface area contributed by atoms with Crippen LogP contribution in [0.3, 0.4) is 0 Å². The van der Waals surface area contributed by atoms with Crippen molar-refractivity contribution in [3.63, 3.8) is 0 Å². The topological polar surface area (TPSA) is 99.7 Å². The van der Waals surface area contributed by atoms with Crippen LogP contribution in [-0.2, 0) is 0 Å². The van der Waals surface area contributed by atoms with Gasteiger partial charge in [-0.3, -0.25) is 14.9 Å². The highest BCUT2D eigenvalue weighted by Crippen LogP contribution is 2.21. The number of aryl methyl sites for hydroxylation is 1. The van der Waals surface area contributed by atoms with Crippen molar-refractivity contribution >= 4 is 11.6 Å². The molecule has 0 fully saturated rings. The predicted molar refractivity (Wildman–Crippen MR) is 63.9 cm³/mol. The highest BCUT2D eigenvalue weighted by molar-refractivity contribution is 5.96. The summed E-state index contributed by atoms with van der Waals surface area (Å²) in [6.07, 6.45) is 2.14. The molecule has 0 unspecified atom stereocenters. The molecule has 1 aromatic heterocycles. The van der Waals surface area contributed by atoms with Crippen molar-refractivity contribution in [2.24, 2.45) is 16.1 Å². The van der Waals surface area contributed by atoms with Crippen molar-refractivity contribution in [3.8, 4) is 0 Å². The molecule has 0 aliphatic rings. The van der Waals surface area contributed by atoms with Crippen molar-refractivity contribution in [3.05, 3.63) is 11.4 Å². The maximum Gasteiger partial charge on any atom is 0.271 e. The van der Waals surface area contributed by atoms with Gasteiger partial charge in [0.1, 0.15) is 5.69 Å². The number of H-pyrrole nitrogens is 1. The van der Waals surface area contributed by atoms with Crippen LogP contribution in [-0.4, -0.2) is 34.7 Å². The zero-order valence-electron chi connectivity index (χ0n) is 10.4. The maximum atomic E-state index is 11.1. The van der Waals surface area contributed by atoms with Gasteiger partial charge < -0.3 is 5.73 Å². The van der Waals surface area contributed by atoms with Gasteiger partial charge in [-0.2, -0.15) is 5.10 Å². The molecule has 0 aromatic carbocycles. The first-order valence-electron chi connectivity index (χ1n) is 5.53. The van der Waals surface area contributed by atoms with Crippen LogP contribution in [0, 0.1) is 6.92 Å². The van der Waals surface area contributed by atoms with Gasteiger partial charge in [0.2, 0.25) is 0 Å². The van der Waals surface area contributed by atoms with E-state index < -0.39 is 5.91 Å². The number of hydrogen-bond donors (Lipinski definition) is 2. The largest absolute Gasteiger partial charge is 0.364 e. The van der Waals surface area contributed by atoms with Gasteiger partial charge in [0.05, 0.1) is 5.69 Å². The SMILES string of the molecule is CCCCN(C)N=Nc1c(C(N)=O)n[nH]c1C. The molecule has 94 valence electrons. The number of hydrogen-bond acceptors (Lipinski definition) is 4. The van der Waals surface area contributed by atoms with Crippen LogP contribution in [0.2, 0.25) is 0 Å². The van der Waals surface area contributed by atoms with Crippen molar-refractivity contribution in [2.75, 3.05) is 13.6 Å². The fourth-order valence-electron chi connectivity index (χ4n) is 1.27. The predicted octanol–water partition coefficient (Wildman–Crippen LogP) is 1.55. The number of nitrogens with zero attached hydrogens (tertiary/aromatic N) is 4. The van der Waals surface area contributed by atoms with E-state index in [1.807, 2.05) is 7.05 Å².